The molecular weight excluding hydrogens is 390 g/mol. The standard InChI is InChI=1S/C24H23N5O2/c30-24(31)27-13-12-26-22-9-8-20(19-6-2-1-3-7-19)15-21(22)23-10-14-29(28-23)17-18-5-4-11-25-16-18/h1-11,14-16,26-27H,12-13,17H2,(H,30,31). The lowest BCUT2D eigenvalue weighted by molar-refractivity contribution is 0.195. The summed E-state index contributed by atoms with van der Waals surface area (Å²) in [7, 11) is 0. The summed E-state index contributed by atoms with van der Waals surface area (Å²) in [6.07, 6.45) is 4.51. The lowest BCUT2D eigenvalue weighted by Crippen LogP contribution is -2.27. The third-order valence-electron chi connectivity index (χ3n) is 4.83. The number of hydrogen-bond acceptors (Lipinski definition) is 4. The normalized spacial score (nSPS) is 10.6. The van der Waals surface area contributed by atoms with E-state index in [-0.39, 0.29) is 0 Å². The number of nitrogens with one attached hydrogen (secondary N) is 2. The van der Waals surface area contributed by atoms with E-state index in [9.17, 15) is 4.79 Å². The molecule has 0 unspecified atom stereocenters. The van der Waals surface area contributed by atoms with Crippen LogP contribution in [0.4, 0.5) is 10.5 Å². The van der Waals surface area contributed by atoms with Crippen LogP contribution >= 0.6 is 0 Å². The first-order chi connectivity index (χ1) is 15.2. The molecule has 0 aliphatic rings. The van der Waals surface area contributed by atoms with Gasteiger partial charge in [-0.1, -0.05) is 42.5 Å². The topological polar surface area (TPSA) is 92.1 Å². The Morgan fingerprint density at radius 2 is 1.84 bits per heavy atom. The molecule has 0 radical (unpaired) electrons. The molecule has 7 nitrogen and oxygen atoms in total. The highest BCUT2D eigenvalue weighted by Crippen LogP contribution is 2.32. The number of nitrogens with zero attached hydrogens (tertiary/aromatic N) is 3. The minimum absolute atomic E-state index is 0.310. The van der Waals surface area contributed by atoms with Crippen molar-refractivity contribution in [2.75, 3.05) is 18.4 Å². The van der Waals surface area contributed by atoms with Gasteiger partial charge in [-0.05, 0) is 41.0 Å². The van der Waals surface area contributed by atoms with E-state index in [2.05, 4.69) is 39.9 Å². The van der Waals surface area contributed by atoms with Crippen molar-refractivity contribution in [2.45, 2.75) is 6.54 Å². The smallest absolute Gasteiger partial charge is 0.404 e. The molecule has 1 amide bonds. The lowest BCUT2D eigenvalue weighted by Gasteiger charge is -2.13. The highest BCUT2D eigenvalue weighted by molar-refractivity contribution is 5.81. The predicted molar refractivity (Wildman–Crippen MR) is 121 cm³/mol. The average Bonchev–Trinajstić information content (AvgIpc) is 3.26. The molecule has 4 aromatic rings. The van der Waals surface area contributed by atoms with Gasteiger partial charge in [-0.15, -0.1) is 0 Å². The van der Waals surface area contributed by atoms with E-state index in [4.69, 9.17) is 10.2 Å². The first-order valence-electron chi connectivity index (χ1n) is 10.0. The van der Waals surface area contributed by atoms with Crippen LogP contribution in [0.25, 0.3) is 22.4 Å². The first-order valence-corrected chi connectivity index (χ1v) is 10.0. The fraction of sp³-hybridized carbons (Fsp3) is 0.125. The Kier molecular flexibility index (Phi) is 6.23. The van der Waals surface area contributed by atoms with Crippen LogP contribution in [0.1, 0.15) is 5.56 Å². The third kappa shape index (κ3) is 5.27. The molecule has 2 aromatic heterocycles. The van der Waals surface area contributed by atoms with E-state index in [0.717, 1.165) is 33.6 Å². The maximum Gasteiger partial charge on any atom is 0.404 e. The second kappa shape index (κ2) is 9.58. The zero-order valence-electron chi connectivity index (χ0n) is 16.9. The van der Waals surface area contributed by atoms with Crippen molar-refractivity contribution in [3.05, 3.63) is 90.9 Å². The fourth-order valence-electron chi connectivity index (χ4n) is 3.36. The minimum atomic E-state index is -1.03. The van der Waals surface area contributed by atoms with Crippen LogP contribution in [-0.4, -0.2) is 39.1 Å². The van der Waals surface area contributed by atoms with Crippen LogP contribution in [0.3, 0.4) is 0 Å². The van der Waals surface area contributed by atoms with Gasteiger partial charge in [0.25, 0.3) is 0 Å². The van der Waals surface area contributed by atoms with Crippen LogP contribution in [0, 0.1) is 0 Å². The van der Waals surface area contributed by atoms with Crippen molar-refractivity contribution in [1.29, 1.82) is 0 Å². The van der Waals surface area contributed by atoms with Gasteiger partial charge in [-0.25, -0.2) is 4.79 Å². The molecule has 0 aliphatic carbocycles. The third-order valence-corrected chi connectivity index (χ3v) is 4.83. The number of benzene rings is 2. The summed E-state index contributed by atoms with van der Waals surface area (Å²) in [4.78, 5) is 14.9. The summed E-state index contributed by atoms with van der Waals surface area (Å²) in [5.74, 6) is 0. The molecule has 4 rings (SSSR count). The molecule has 31 heavy (non-hydrogen) atoms. The average molecular weight is 413 g/mol. The Bertz CT molecular complexity index is 1140. The Morgan fingerprint density at radius 1 is 0.968 bits per heavy atom. The predicted octanol–water partition coefficient (Wildman–Crippen LogP) is 4.34. The van der Waals surface area contributed by atoms with Gasteiger partial charge in [-0.3, -0.25) is 9.67 Å². The molecule has 0 atom stereocenters. The zero-order valence-corrected chi connectivity index (χ0v) is 16.9. The fourth-order valence-corrected chi connectivity index (χ4v) is 3.36. The molecule has 3 N–H and O–H groups in total. The van der Waals surface area contributed by atoms with Gasteiger partial charge in [0.05, 0.1) is 12.2 Å². The molecule has 0 aliphatic heterocycles. The molecule has 7 heteroatoms. The van der Waals surface area contributed by atoms with Crippen molar-refractivity contribution in [3.8, 4) is 22.4 Å². The van der Waals surface area contributed by atoms with Crippen molar-refractivity contribution in [2.24, 2.45) is 0 Å². The van der Waals surface area contributed by atoms with Crippen molar-refractivity contribution in [3.63, 3.8) is 0 Å². The van der Waals surface area contributed by atoms with Crippen LogP contribution in [-0.2, 0) is 6.54 Å². The maximum atomic E-state index is 10.7. The van der Waals surface area contributed by atoms with E-state index >= 15 is 0 Å². The molecule has 156 valence electrons. The molecular formula is C24H23N5O2. The van der Waals surface area contributed by atoms with E-state index in [1.54, 1.807) is 6.20 Å². The number of hydrogen-bond donors (Lipinski definition) is 3. The van der Waals surface area contributed by atoms with Gasteiger partial charge in [-0.2, -0.15) is 5.10 Å². The monoisotopic (exact) mass is 413 g/mol. The summed E-state index contributed by atoms with van der Waals surface area (Å²) in [5.41, 5.74) is 5.99. The van der Waals surface area contributed by atoms with Crippen LogP contribution < -0.4 is 10.6 Å². The Morgan fingerprint density at radius 3 is 2.61 bits per heavy atom. The van der Waals surface area contributed by atoms with E-state index < -0.39 is 6.09 Å². The van der Waals surface area contributed by atoms with Crippen LogP contribution in [0.5, 0.6) is 0 Å². The summed E-state index contributed by atoms with van der Waals surface area (Å²) in [6.45, 7) is 1.42. The number of pyridine rings is 1. The summed E-state index contributed by atoms with van der Waals surface area (Å²) in [5, 5.41) is 19.2. The summed E-state index contributed by atoms with van der Waals surface area (Å²) >= 11 is 0. The summed E-state index contributed by atoms with van der Waals surface area (Å²) in [6, 6.07) is 22.3. The molecule has 0 saturated heterocycles. The van der Waals surface area contributed by atoms with Crippen molar-refractivity contribution in [1.82, 2.24) is 20.1 Å². The first kappa shape index (κ1) is 20.2. The van der Waals surface area contributed by atoms with Gasteiger partial charge < -0.3 is 15.7 Å². The van der Waals surface area contributed by atoms with Gasteiger partial charge in [0.2, 0.25) is 0 Å². The molecule has 2 aromatic carbocycles. The van der Waals surface area contributed by atoms with Crippen molar-refractivity contribution >= 4 is 11.8 Å². The zero-order chi connectivity index (χ0) is 21.5. The molecule has 0 fully saturated rings. The number of carboxylic acid groups (broad SMARTS) is 1. The SMILES string of the molecule is O=C(O)NCCNc1ccc(-c2ccccc2)cc1-c1ccn(Cc2cccnc2)n1. The van der Waals surface area contributed by atoms with Gasteiger partial charge in [0.1, 0.15) is 0 Å². The van der Waals surface area contributed by atoms with Crippen LogP contribution in [0.15, 0.2) is 85.3 Å². The van der Waals surface area contributed by atoms with Gasteiger partial charge in [0, 0.05) is 42.9 Å². The molecule has 0 spiro atoms. The molecule has 0 saturated carbocycles. The van der Waals surface area contributed by atoms with Crippen molar-refractivity contribution < 1.29 is 9.90 Å². The number of rotatable bonds is 8. The Balaban J connectivity index is 1.62. The number of amides is 1. The quantitative estimate of drug-likeness (QED) is 0.374. The second-order valence-electron chi connectivity index (χ2n) is 7.04. The highest BCUT2D eigenvalue weighted by Gasteiger charge is 2.11. The van der Waals surface area contributed by atoms with E-state index in [1.165, 1.54) is 0 Å². The number of aromatic nitrogens is 3. The van der Waals surface area contributed by atoms with E-state index in [0.29, 0.717) is 19.6 Å². The number of anilines is 1. The lowest BCUT2D eigenvalue weighted by atomic mass is 10.00. The Hall–Kier alpha value is -4.13. The van der Waals surface area contributed by atoms with E-state index in [1.807, 2.05) is 59.5 Å². The number of carbonyl (C=O) groups is 1. The molecule has 2 heterocycles. The second-order valence-corrected chi connectivity index (χ2v) is 7.04. The van der Waals surface area contributed by atoms with Gasteiger partial charge in [0.15, 0.2) is 0 Å². The largest absolute Gasteiger partial charge is 0.465 e. The minimum Gasteiger partial charge on any atom is -0.465 e. The Labute approximate surface area is 180 Å². The molecule has 0 bridgehead atoms. The van der Waals surface area contributed by atoms with Gasteiger partial charge >= 0.3 is 6.09 Å². The van der Waals surface area contributed by atoms with Crippen LogP contribution in [0.2, 0.25) is 0 Å². The summed E-state index contributed by atoms with van der Waals surface area (Å²) < 4.78 is 1.89. The highest BCUT2D eigenvalue weighted by atomic mass is 16.4. The maximum absolute atomic E-state index is 10.7.